The zero-order valence-electron chi connectivity index (χ0n) is 12.3. The van der Waals surface area contributed by atoms with Crippen molar-refractivity contribution in [3.05, 3.63) is 29.6 Å². The second-order valence-electron chi connectivity index (χ2n) is 4.97. The van der Waals surface area contributed by atoms with E-state index in [1.54, 1.807) is 4.90 Å². The molecule has 0 spiro atoms. The predicted octanol–water partition coefficient (Wildman–Crippen LogP) is 1.67. The van der Waals surface area contributed by atoms with E-state index in [0.717, 1.165) is 18.2 Å². The number of carbonyl (C=O) groups is 1. The topological polar surface area (TPSA) is 50.8 Å². The summed E-state index contributed by atoms with van der Waals surface area (Å²) in [7, 11) is 1.46. The van der Waals surface area contributed by atoms with Gasteiger partial charge in [0.05, 0.1) is 6.61 Å². The second-order valence-corrected chi connectivity index (χ2v) is 4.97. The Hall–Kier alpha value is -1.87. The normalized spacial score (nSPS) is 19.4. The Morgan fingerprint density at radius 1 is 1.48 bits per heavy atom. The molecule has 128 valence electrons. The van der Waals surface area contributed by atoms with Gasteiger partial charge in [-0.25, -0.2) is 4.39 Å². The molecule has 1 fully saturated rings. The molecule has 1 aliphatic rings. The van der Waals surface area contributed by atoms with Crippen molar-refractivity contribution in [2.24, 2.45) is 0 Å². The molecule has 1 saturated heterocycles. The van der Waals surface area contributed by atoms with Crippen LogP contribution in [0.4, 0.5) is 17.6 Å². The van der Waals surface area contributed by atoms with Gasteiger partial charge in [-0.3, -0.25) is 9.69 Å². The maximum atomic E-state index is 13.9. The SMILES string of the molecule is CNC(=O)[C@@H]1CN(Cc2c(F)cccc2OC(F)(F)F)CCO1. The van der Waals surface area contributed by atoms with Crippen LogP contribution in [-0.4, -0.2) is 50.0 Å². The highest BCUT2D eigenvalue weighted by Gasteiger charge is 2.33. The lowest BCUT2D eigenvalue weighted by atomic mass is 10.1. The maximum absolute atomic E-state index is 13.9. The molecule has 2 rings (SSSR count). The number of ether oxygens (including phenoxy) is 2. The molecule has 23 heavy (non-hydrogen) atoms. The number of hydrogen-bond donors (Lipinski definition) is 1. The molecule has 0 radical (unpaired) electrons. The van der Waals surface area contributed by atoms with Gasteiger partial charge in [-0.05, 0) is 12.1 Å². The number of hydrogen-bond acceptors (Lipinski definition) is 4. The Morgan fingerprint density at radius 3 is 2.87 bits per heavy atom. The lowest BCUT2D eigenvalue weighted by molar-refractivity contribution is -0.275. The van der Waals surface area contributed by atoms with E-state index >= 15 is 0 Å². The summed E-state index contributed by atoms with van der Waals surface area (Å²) in [5.41, 5.74) is -0.206. The fourth-order valence-electron chi connectivity index (χ4n) is 2.30. The summed E-state index contributed by atoms with van der Waals surface area (Å²) in [6, 6.07) is 3.27. The van der Waals surface area contributed by atoms with E-state index in [2.05, 4.69) is 10.1 Å². The average Bonchev–Trinajstić information content (AvgIpc) is 2.49. The van der Waals surface area contributed by atoms with Crippen LogP contribution in [0.3, 0.4) is 0 Å². The number of morpholine rings is 1. The minimum atomic E-state index is -4.90. The highest BCUT2D eigenvalue weighted by atomic mass is 19.4. The van der Waals surface area contributed by atoms with Gasteiger partial charge in [0.2, 0.25) is 5.91 Å². The van der Waals surface area contributed by atoms with E-state index in [-0.39, 0.29) is 31.2 Å². The van der Waals surface area contributed by atoms with Gasteiger partial charge in [-0.2, -0.15) is 0 Å². The standard InChI is InChI=1S/C14H16F4N2O3/c1-19-13(21)12-8-20(5-6-22-12)7-9-10(15)3-2-4-11(9)23-14(16,17)18/h2-4,12H,5-8H2,1H3,(H,19,21)/t12-/m0/s1. The molecule has 0 saturated carbocycles. The van der Waals surface area contributed by atoms with Crippen molar-refractivity contribution in [2.75, 3.05) is 26.7 Å². The van der Waals surface area contributed by atoms with Gasteiger partial charge in [-0.1, -0.05) is 6.07 Å². The molecule has 1 aliphatic heterocycles. The van der Waals surface area contributed by atoms with Gasteiger partial charge < -0.3 is 14.8 Å². The fraction of sp³-hybridized carbons (Fsp3) is 0.500. The Labute approximate surface area is 130 Å². The van der Waals surface area contributed by atoms with E-state index in [1.807, 2.05) is 0 Å². The van der Waals surface area contributed by atoms with Gasteiger partial charge >= 0.3 is 6.36 Å². The molecule has 0 aromatic heterocycles. The van der Waals surface area contributed by atoms with Crippen molar-refractivity contribution >= 4 is 5.91 Å². The van der Waals surface area contributed by atoms with Crippen molar-refractivity contribution in [1.29, 1.82) is 0 Å². The van der Waals surface area contributed by atoms with Crippen molar-refractivity contribution in [3.8, 4) is 5.75 Å². The van der Waals surface area contributed by atoms with E-state index < -0.39 is 24.0 Å². The Bertz CT molecular complexity index is 565. The summed E-state index contributed by atoms with van der Waals surface area (Å²) in [6.45, 7) is 0.629. The lowest BCUT2D eigenvalue weighted by Gasteiger charge is -2.32. The maximum Gasteiger partial charge on any atom is 0.573 e. The number of carbonyl (C=O) groups excluding carboxylic acids is 1. The molecule has 5 nitrogen and oxygen atoms in total. The highest BCUT2D eigenvalue weighted by Crippen LogP contribution is 2.29. The Balaban J connectivity index is 2.14. The van der Waals surface area contributed by atoms with Crippen molar-refractivity contribution in [3.63, 3.8) is 0 Å². The minimum absolute atomic E-state index is 0.116. The quantitative estimate of drug-likeness (QED) is 0.850. The van der Waals surface area contributed by atoms with Crippen LogP contribution < -0.4 is 10.1 Å². The summed E-state index contributed by atoms with van der Waals surface area (Å²) in [6.07, 6.45) is -5.65. The third-order valence-electron chi connectivity index (χ3n) is 3.37. The first kappa shape index (κ1) is 17.5. The number of likely N-dealkylation sites (N-methyl/N-ethyl adjacent to an activating group) is 1. The van der Waals surface area contributed by atoms with Gasteiger partial charge in [-0.15, -0.1) is 13.2 Å². The summed E-state index contributed by atoms with van der Waals surface area (Å²) < 4.78 is 60.3. The molecule has 0 bridgehead atoms. The molecule has 1 heterocycles. The number of amides is 1. The minimum Gasteiger partial charge on any atom is -0.405 e. The Kier molecular flexibility index (Phi) is 5.42. The van der Waals surface area contributed by atoms with Crippen LogP contribution in [0.15, 0.2) is 18.2 Å². The van der Waals surface area contributed by atoms with E-state index in [9.17, 15) is 22.4 Å². The molecule has 0 unspecified atom stereocenters. The van der Waals surface area contributed by atoms with E-state index in [1.165, 1.54) is 7.05 Å². The first-order chi connectivity index (χ1) is 10.8. The van der Waals surface area contributed by atoms with Gasteiger partial charge in [0, 0.05) is 32.2 Å². The number of alkyl halides is 3. The van der Waals surface area contributed by atoms with Gasteiger partial charge in [0.25, 0.3) is 0 Å². The molecule has 9 heteroatoms. The average molecular weight is 336 g/mol. The van der Waals surface area contributed by atoms with Crippen LogP contribution >= 0.6 is 0 Å². The Morgan fingerprint density at radius 2 is 2.22 bits per heavy atom. The van der Waals surface area contributed by atoms with Crippen molar-refractivity contribution in [1.82, 2.24) is 10.2 Å². The summed E-state index contributed by atoms with van der Waals surface area (Å²) in [5, 5.41) is 2.43. The molecular weight excluding hydrogens is 320 g/mol. The molecular formula is C14H16F4N2O3. The molecule has 1 aromatic carbocycles. The van der Waals surface area contributed by atoms with Crippen LogP contribution in [0.5, 0.6) is 5.75 Å². The molecule has 1 N–H and O–H groups in total. The largest absolute Gasteiger partial charge is 0.573 e. The summed E-state index contributed by atoms with van der Waals surface area (Å²) in [5.74, 6) is -1.72. The van der Waals surface area contributed by atoms with Crippen LogP contribution in [-0.2, 0) is 16.1 Å². The number of halogens is 4. The van der Waals surface area contributed by atoms with Crippen LogP contribution in [0.25, 0.3) is 0 Å². The zero-order valence-corrected chi connectivity index (χ0v) is 12.3. The van der Waals surface area contributed by atoms with Crippen LogP contribution in [0.1, 0.15) is 5.56 Å². The first-order valence-electron chi connectivity index (χ1n) is 6.89. The zero-order chi connectivity index (χ0) is 17.0. The third kappa shape index (κ3) is 4.80. The van der Waals surface area contributed by atoms with E-state index in [0.29, 0.717) is 6.54 Å². The monoisotopic (exact) mass is 336 g/mol. The van der Waals surface area contributed by atoms with Crippen molar-refractivity contribution < 1.29 is 31.8 Å². The molecule has 1 amide bonds. The number of rotatable bonds is 4. The smallest absolute Gasteiger partial charge is 0.405 e. The van der Waals surface area contributed by atoms with Crippen LogP contribution in [0.2, 0.25) is 0 Å². The number of nitrogens with one attached hydrogen (secondary N) is 1. The first-order valence-corrected chi connectivity index (χ1v) is 6.89. The van der Waals surface area contributed by atoms with E-state index in [4.69, 9.17) is 4.74 Å². The molecule has 0 aliphatic carbocycles. The van der Waals surface area contributed by atoms with Crippen LogP contribution in [0, 0.1) is 5.82 Å². The predicted molar refractivity (Wildman–Crippen MR) is 72.2 cm³/mol. The summed E-state index contributed by atoms with van der Waals surface area (Å²) in [4.78, 5) is 13.2. The number of nitrogens with zero attached hydrogens (tertiary/aromatic N) is 1. The highest BCUT2D eigenvalue weighted by molar-refractivity contribution is 5.80. The van der Waals surface area contributed by atoms with Gasteiger partial charge in [0.15, 0.2) is 0 Å². The second kappa shape index (κ2) is 7.14. The van der Waals surface area contributed by atoms with Crippen molar-refractivity contribution in [2.45, 2.75) is 19.0 Å². The number of benzene rings is 1. The third-order valence-corrected chi connectivity index (χ3v) is 3.37. The van der Waals surface area contributed by atoms with Gasteiger partial charge in [0.1, 0.15) is 17.7 Å². The lowest BCUT2D eigenvalue weighted by Crippen LogP contribution is -2.48. The fourth-order valence-corrected chi connectivity index (χ4v) is 2.30. The molecule has 1 aromatic rings. The molecule has 1 atom stereocenters. The summed E-state index contributed by atoms with van der Waals surface area (Å²) >= 11 is 0.